The Balaban J connectivity index is 2.25. The molecule has 0 aliphatic heterocycles. The summed E-state index contributed by atoms with van der Waals surface area (Å²) >= 11 is 6.11. The quantitative estimate of drug-likeness (QED) is 0.854. The number of aromatic nitrogens is 2. The molecule has 1 N–H and O–H groups in total. The molecule has 114 valence electrons. The summed E-state index contributed by atoms with van der Waals surface area (Å²) < 4.78 is 13.4. The summed E-state index contributed by atoms with van der Waals surface area (Å²) in [4.78, 5) is 4.14. The Morgan fingerprint density at radius 2 is 2.19 bits per heavy atom. The lowest BCUT2D eigenvalue weighted by molar-refractivity contribution is 0.272. The summed E-state index contributed by atoms with van der Waals surface area (Å²) in [5.41, 5.74) is 1.98. The number of rotatable bonds is 7. The van der Waals surface area contributed by atoms with Crippen LogP contribution in [0.15, 0.2) is 24.7 Å². The average Bonchev–Trinajstić information content (AvgIpc) is 2.93. The standard InChI is InChI=1S/C15H20ClN3O2/c1-4-19-10-18-8-13(19)9-21-15-11(7-17-2)5-12(16)6-14(15)20-3/h5-6,8,10,17H,4,7,9H2,1-3H3. The average molecular weight is 310 g/mol. The van der Waals surface area contributed by atoms with Crippen molar-refractivity contribution in [1.82, 2.24) is 14.9 Å². The predicted octanol–water partition coefficient (Wildman–Crippen LogP) is 2.86. The van der Waals surface area contributed by atoms with E-state index in [2.05, 4.69) is 17.2 Å². The number of hydrogen-bond donors (Lipinski definition) is 1. The van der Waals surface area contributed by atoms with E-state index in [1.165, 1.54) is 0 Å². The van der Waals surface area contributed by atoms with Crippen molar-refractivity contribution in [2.75, 3.05) is 14.2 Å². The van der Waals surface area contributed by atoms with Crippen molar-refractivity contribution in [3.05, 3.63) is 40.9 Å². The van der Waals surface area contributed by atoms with Gasteiger partial charge in [0.05, 0.1) is 25.3 Å². The first-order chi connectivity index (χ1) is 10.2. The summed E-state index contributed by atoms with van der Waals surface area (Å²) in [5.74, 6) is 1.34. The molecule has 0 amide bonds. The first kappa shape index (κ1) is 15.7. The minimum Gasteiger partial charge on any atom is -0.493 e. The highest BCUT2D eigenvalue weighted by molar-refractivity contribution is 6.30. The molecule has 1 aromatic carbocycles. The molecule has 2 aromatic rings. The van der Waals surface area contributed by atoms with Gasteiger partial charge in [-0.3, -0.25) is 0 Å². The first-order valence-electron chi connectivity index (χ1n) is 6.82. The van der Waals surface area contributed by atoms with Gasteiger partial charge >= 0.3 is 0 Å². The number of benzene rings is 1. The van der Waals surface area contributed by atoms with Crippen LogP contribution in [0.1, 0.15) is 18.2 Å². The van der Waals surface area contributed by atoms with E-state index in [-0.39, 0.29) is 0 Å². The van der Waals surface area contributed by atoms with E-state index >= 15 is 0 Å². The first-order valence-corrected chi connectivity index (χ1v) is 7.20. The summed E-state index contributed by atoms with van der Waals surface area (Å²) in [6.45, 7) is 4.02. The van der Waals surface area contributed by atoms with Crippen LogP contribution in [-0.4, -0.2) is 23.7 Å². The Kier molecular flexibility index (Phi) is 5.47. The molecule has 0 unspecified atom stereocenters. The maximum Gasteiger partial charge on any atom is 0.166 e. The van der Waals surface area contributed by atoms with Gasteiger partial charge in [0.2, 0.25) is 0 Å². The number of nitrogens with one attached hydrogen (secondary N) is 1. The molecule has 0 radical (unpaired) electrons. The second kappa shape index (κ2) is 7.33. The van der Waals surface area contributed by atoms with Gasteiger partial charge < -0.3 is 19.4 Å². The van der Waals surface area contributed by atoms with E-state index in [1.54, 1.807) is 19.5 Å². The zero-order chi connectivity index (χ0) is 15.2. The smallest absolute Gasteiger partial charge is 0.166 e. The van der Waals surface area contributed by atoms with Crippen molar-refractivity contribution < 1.29 is 9.47 Å². The molecule has 0 fully saturated rings. The molecule has 0 saturated carbocycles. The highest BCUT2D eigenvalue weighted by atomic mass is 35.5. The van der Waals surface area contributed by atoms with E-state index in [4.69, 9.17) is 21.1 Å². The fraction of sp³-hybridized carbons (Fsp3) is 0.400. The largest absolute Gasteiger partial charge is 0.493 e. The lowest BCUT2D eigenvalue weighted by Crippen LogP contribution is -2.10. The van der Waals surface area contributed by atoms with Crippen molar-refractivity contribution in [3.8, 4) is 11.5 Å². The van der Waals surface area contributed by atoms with E-state index in [0.29, 0.717) is 29.7 Å². The number of ether oxygens (including phenoxy) is 2. The topological polar surface area (TPSA) is 48.3 Å². The Hall–Kier alpha value is -1.72. The maximum atomic E-state index is 6.11. The number of halogens is 1. The third-order valence-corrected chi connectivity index (χ3v) is 3.41. The van der Waals surface area contributed by atoms with Gasteiger partial charge in [0, 0.05) is 29.7 Å². The second-order valence-corrected chi connectivity index (χ2v) is 5.02. The predicted molar refractivity (Wildman–Crippen MR) is 83.0 cm³/mol. The lowest BCUT2D eigenvalue weighted by atomic mass is 10.2. The van der Waals surface area contributed by atoms with Crippen LogP contribution in [-0.2, 0) is 19.7 Å². The molecule has 1 heterocycles. The summed E-state index contributed by atoms with van der Waals surface area (Å²) in [6.07, 6.45) is 3.61. The fourth-order valence-corrected chi connectivity index (χ4v) is 2.39. The van der Waals surface area contributed by atoms with Crippen LogP contribution < -0.4 is 14.8 Å². The zero-order valence-corrected chi connectivity index (χ0v) is 13.3. The van der Waals surface area contributed by atoms with Gasteiger partial charge in [-0.25, -0.2) is 4.98 Å². The fourth-order valence-electron chi connectivity index (χ4n) is 2.16. The highest BCUT2D eigenvalue weighted by Crippen LogP contribution is 2.35. The van der Waals surface area contributed by atoms with Crippen LogP contribution in [0.25, 0.3) is 0 Å². The van der Waals surface area contributed by atoms with Crippen LogP contribution in [0.5, 0.6) is 11.5 Å². The van der Waals surface area contributed by atoms with Gasteiger partial charge in [-0.1, -0.05) is 11.6 Å². The molecule has 5 nitrogen and oxygen atoms in total. The summed E-state index contributed by atoms with van der Waals surface area (Å²) in [7, 11) is 3.49. The minimum atomic E-state index is 0.433. The van der Waals surface area contributed by atoms with Crippen molar-refractivity contribution >= 4 is 11.6 Å². The molecule has 0 bridgehead atoms. The second-order valence-electron chi connectivity index (χ2n) is 4.59. The third-order valence-electron chi connectivity index (χ3n) is 3.19. The Morgan fingerprint density at radius 1 is 1.38 bits per heavy atom. The summed E-state index contributed by atoms with van der Waals surface area (Å²) in [6, 6.07) is 3.64. The van der Waals surface area contributed by atoms with Crippen LogP contribution in [0.4, 0.5) is 0 Å². The SMILES string of the molecule is CCn1cncc1COc1c(CNC)cc(Cl)cc1OC. The number of aryl methyl sites for hydroxylation is 1. The minimum absolute atomic E-state index is 0.433. The van der Waals surface area contributed by atoms with Gasteiger partial charge in [0.25, 0.3) is 0 Å². The molecular weight excluding hydrogens is 290 g/mol. The molecule has 1 aromatic heterocycles. The van der Waals surface area contributed by atoms with Crippen molar-refractivity contribution in [3.63, 3.8) is 0 Å². The maximum absolute atomic E-state index is 6.11. The molecule has 2 rings (SSSR count). The van der Waals surface area contributed by atoms with Gasteiger partial charge in [0.15, 0.2) is 11.5 Å². The van der Waals surface area contributed by atoms with Gasteiger partial charge in [-0.15, -0.1) is 0 Å². The van der Waals surface area contributed by atoms with Crippen molar-refractivity contribution in [1.29, 1.82) is 0 Å². The monoisotopic (exact) mass is 309 g/mol. The lowest BCUT2D eigenvalue weighted by Gasteiger charge is -2.16. The number of imidazole rings is 1. The van der Waals surface area contributed by atoms with Crippen LogP contribution in [0, 0.1) is 0 Å². The van der Waals surface area contributed by atoms with Crippen LogP contribution in [0.3, 0.4) is 0 Å². The molecular formula is C15H20ClN3O2. The zero-order valence-electron chi connectivity index (χ0n) is 12.5. The number of methoxy groups -OCH3 is 1. The number of hydrogen-bond acceptors (Lipinski definition) is 4. The molecule has 0 atom stereocenters. The van der Waals surface area contributed by atoms with E-state index in [9.17, 15) is 0 Å². The van der Waals surface area contributed by atoms with E-state index < -0.39 is 0 Å². The molecule has 21 heavy (non-hydrogen) atoms. The van der Waals surface area contributed by atoms with Gasteiger partial charge in [0.1, 0.15) is 6.61 Å². The molecule has 0 aliphatic rings. The van der Waals surface area contributed by atoms with Crippen molar-refractivity contribution in [2.24, 2.45) is 0 Å². The Bertz CT molecular complexity index is 599. The van der Waals surface area contributed by atoms with Gasteiger partial charge in [-0.2, -0.15) is 0 Å². The van der Waals surface area contributed by atoms with Gasteiger partial charge in [-0.05, 0) is 20.0 Å². The molecule has 6 heteroatoms. The normalized spacial score (nSPS) is 10.7. The van der Waals surface area contributed by atoms with Crippen LogP contribution >= 0.6 is 11.6 Å². The summed E-state index contributed by atoms with van der Waals surface area (Å²) in [5, 5.41) is 3.73. The molecule has 0 saturated heterocycles. The third kappa shape index (κ3) is 3.68. The van der Waals surface area contributed by atoms with Crippen molar-refractivity contribution in [2.45, 2.75) is 26.6 Å². The molecule has 0 aliphatic carbocycles. The highest BCUT2D eigenvalue weighted by Gasteiger charge is 2.13. The molecule has 0 spiro atoms. The Morgan fingerprint density at radius 3 is 2.86 bits per heavy atom. The number of nitrogens with zero attached hydrogens (tertiary/aromatic N) is 2. The van der Waals surface area contributed by atoms with E-state index in [1.807, 2.05) is 23.9 Å². The Labute approximate surface area is 129 Å². The van der Waals surface area contributed by atoms with Crippen LogP contribution in [0.2, 0.25) is 5.02 Å². The van der Waals surface area contributed by atoms with E-state index in [0.717, 1.165) is 17.8 Å².